The molecule has 1 aromatic rings. The molecule has 1 N–H and O–H groups in total. The summed E-state index contributed by atoms with van der Waals surface area (Å²) in [6, 6.07) is 10.2. The summed E-state index contributed by atoms with van der Waals surface area (Å²) >= 11 is 1.87. The summed E-state index contributed by atoms with van der Waals surface area (Å²) in [5.41, 5.74) is 1.22. The van der Waals surface area contributed by atoms with E-state index in [0.29, 0.717) is 0 Å². The van der Waals surface area contributed by atoms with E-state index in [-0.39, 0.29) is 18.1 Å². The predicted octanol–water partition coefficient (Wildman–Crippen LogP) is 2.52. The molecule has 20 heavy (non-hydrogen) atoms. The fraction of sp³-hybridized carbons (Fsp3) is 0.562. The van der Waals surface area contributed by atoms with Crippen LogP contribution in [0.5, 0.6) is 0 Å². The third kappa shape index (κ3) is 4.00. The molecule has 1 fully saturated rings. The molecule has 1 aliphatic rings. The Kier molecular flexibility index (Phi) is 5.92. The average Bonchev–Trinajstić information content (AvgIpc) is 2.72. The Morgan fingerprint density at radius 3 is 2.70 bits per heavy atom. The number of unbranched alkanes of at least 4 members (excludes halogenated alkanes) is 1. The molecule has 1 heterocycles. The summed E-state index contributed by atoms with van der Waals surface area (Å²) in [6.07, 6.45) is 5.34. The number of nitrogens with zero attached hydrogens (tertiary/aromatic N) is 1. The van der Waals surface area contributed by atoms with Gasteiger partial charge in [-0.25, -0.2) is 0 Å². The first kappa shape index (κ1) is 15.4. The van der Waals surface area contributed by atoms with E-state index in [1.54, 1.807) is 0 Å². The highest BCUT2D eigenvalue weighted by atomic mass is 32.2. The smallest absolute Gasteiger partial charge is 0.241 e. The van der Waals surface area contributed by atoms with Gasteiger partial charge >= 0.3 is 0 Å². The second-order valence-corrected chi connectivity index (χ2v) is 6.30. The van der Waals surface area contributed by atoms with Crippen molar-refractivity contribution in [3.8, 4) is 0 Å². The van der Waals surface area contributed by atoms with Crippen molar-refractivity contribution in [2.45, 2.75) is 38.4 Å². The quantitative estimate of drug-likeness (QED) is 0.784. The van der Waals surface area contributed by atoms with Gasteiger partial charge in [-0.1, -0.05) is 30.3 Å². The topological polar surface area (TPSA) is 32.3 Å². The zero-order valence-electron chi connectivity index (χ0n) is 12.3. The minimum Gasteiger partial charge on any atom is -0.326 e. The molecule has 1 amide bonds. The van der Waals surface area contributed by atoms with Crippen molar-refractivity contribution in [2.24, 2.45) is 0 Å². The first-order valence-corrected chi connectivity index (χ1v) is 8.71. The second-order valence-electron chi connectivity index (χ2n) is 5.32. The number of hydrogen-bond acceptors (Lipinski definition) is 3. The van der Waals surface area contributed by atoms with Crippen molar-refractivity contribution in [2.75, 3.05) is 18.6 Å². The van der Waals surface area contributed by atoms with Crippen LogP contribution in [0.1, 0.15) is 25.3 Å². The van der Waals surface area contributed by atoms with Crippen LogP contribution >= 0.6 is 11.8 Å². The van der Waals surface area contributed by atoms with Gasteiger partial charge in [-0.15, -0.1) is 0 Å². The Balaban J connectivity index is 1.86. The summed E-state index contributed by atoms with van der Waals surface area (Å²) in [7, 11) is 0. The lowest BCUT2D eigenvalue weighted by Crippen LogP contribution is -2.35. The third-order valence-corrected chi connectivity index (χ3v) is 4.47. The maximum atomic E-state index is 12.4. The van der Waals surface area contributed by atoms with Crippen LogP contribution in [0.15, 0.2) is 30.3 Å². The Labute approximate surface area is 126 Å². The lowest BCUT2D eigenvalue weighted by atomic mass is 10.1. The second kappa shape index (κ2) is 7.70. The zero-order chi connectivity index (χ0) is 14.4. The summed E-state index contributed by atoms with van der Waals surface area (Å²) in [5.74, 6) is 1.43. The Hall–Kier alpha value is -1.00. The van der Waals surface area contributed by atoms with Gasteiger partial charge < -0.3 is 4.90 Å². The maximum absolute atomic E-state index is 12.4. The van der Waals surface area contributed by atoms with Gasteiger partial charge in [0.25, 0.3) is 0 Å². The van der Waals surface area contributed by atoms with Crippen molar-refractivity contribution in [1.82, 2.24) is 10.2 Å². The van der Waals surface area contributed by atoms with Crippen molar-refractivity contribution < 1.29 is 4.79 Å². The lowest BCUT2D eigenvalue weighted by Gasteiger charge is -2.20. The van der Waals surface area contributed by atoms with E-state index < -0.39 is 0 Å². The fourth-order valence-corrected chi connectivity index (χ4v) is 3.16. The van der Waals surface area contributed by atoms with Crippen molar-refractivity contribution in [3.05, 3.63) is 35.9 Å². The molecule has 110 valence electrons. The summed E-state index contributed by atoms with van der Waals surface area (Å²) in [6.45, 7) is 2.95. The zero-order valence-corrected chi connectivity index (χ0v) is 13.2. The SMILES string of the molecule is CSCCCCN1C(=O)C(Cc2ccccc2)NC1C. The molecule has 4 heteroatoms. The van der Waals surface area contributed by atoms with Gasteiger partial charge in [-0.05, 0) is 43.8 Å². The molecule has 1 aromatic carbocycles. The molecule has 2 rings (SSSR count). The molecule has 0 spiro atoms. The van der Waals surface area contributed by atoms with Gasteiger partial charge in [0.15, 0.2) is 0 Å². The van der Waals surface area contributed by atoms with Crippen molar-refractivity contribution in [1.29, 1.82) is 0 Å². The molecule has 2 unspecified atom stereocenters. The minimum atomic E-state index is -0.0621. The number of hydrogen-bond donors (Lipinski definition) is 1. The van der Waals surface area contributed by atoms with Crippen LogP contribution in [-0.4, -0.2) is 41.6 Å². The largest absolute Gasteiger partial charge is 0.326 e. The monoisotopic (exact) mass is 292 g/mol. The van der Waals surface area contributed by atoms with Gasteiger partial charge in [-0.3, -0.25) is 10.1 Å². The molecule has 0 bridgehead atoms. The third-order valence-electron chi connectivity index (χ3n) is 3.77. The van der Waals surface area contributed by atoms with Gasteiger partial charge in [0, 0.05) is 6.54 Å². The molecule has 0 radical (unpaired) electrons. The van der Waals surface area contributed by atoms with E-state index in [1.807, 2.05) is 34.9 Å². The first-order chi connectivity index (χ1) is 9.72. The van der Waals surface area contributed by atoms with Gasteiger partial charge in [-0.2, -0.15) is 11.8 Å². The lowest BCUT2D eigenvalue weighted by molar-refractivity contribution is -0.129. The van der Waals surface area contributed by atoms with E-state index in [2.05, 4.69) is 30.6 Å². The molecular weight excluding hydrogens is 268 g/mol. The van der Waals surface area contributed by atoms with E-state index in [9.17, 15) is 4.79 Å². The highest BCUT2D eigenvalue weighted by Crippen LogP contribution is 2.16. The van der Waals surface area contributed by atoms with Gasteiger partial charge in [0.05, 0.1) is 12.2 Å². The number of nitrogens with one attached hydrogen (secondary N) is 1. The fourth-order valence-electron chi connectivity index (χ4n) is 2.67. The summed E-state index contributed by atoms with van der Waals surface area (Å²) in [5, 5.41) is 3.41. The number of amides is 1. The molecule has 0 aromatic heterocycles. The van der Waals surface area contributed by atoms with Crippen molar-refractivity contribution >= 4 is 17.7 Å². The van der Waals surface area contributed by atoms with Crippen LogP contribution in [0.3, 0.4) is 0 Å². The van der Waals surface area contributed by atoms with E-state index in [0.717, 1.165) is 19.4 Å². The van der Waals surface area contributed by atoms with Crippen LogP contribution in [-0.2, 0) is 11.2 Å². The summed E-state index contributed by atoms with van der Waals surface area (Å²) < 4.78 is 0. The van der Waals surface area contributed by atoms with Gasteiger partial charge in [0.1, 0.15) is 0 Å². The molecule has 2 atom stereocenters. The van der Waals surface area contributed by atoms with Gasteiger partial charge in [0.2, 0.25) is 5.91 Å². The van der Waals surface area contributed by atoms with Crippen LogP contribution in [0, 0.1) is 0 Å². The van der Waals surface area contributed by atoms with E-state index in [1.165, 1.54) is 17.7 Å². The minimum absolute atomic E-state index is 0.0621. The summed E-state index contributed by atoms with van der Waals surface area (Å²) in [4.78, 5) is 14.4. The normalized spacial score (nSPS) is 22.5. The highest BCUT2D eigenvalue weighted by molar-refractivity contribution is 7.98. The van der Waals surface area contributed by atoms with Crippen LogP contribution in [0.2, 0.25) is 0 Å². The number of rotatable bonds is 7. The molecule has 3 nitrogen and oxygen atoms in total. The van der Waals surface area contributed by atoms with Crippen LogP contribution in [0.25, 0.3) is 0 Å². The molecule has 0 aliphatic carbocycles. The first-order valence-electron chi connectivity index (χ1n) is 7.31. The standard InChI is InChI=1S/C16H24N2OS/c1-13-17-15(12-14-8-4-3-5-9-14)16(19)18(13)10-6-7-11-20-2/h3-5,8-9,13,15,17H,6-7,10-12H2,1-2H3. The Morgan fingerprint density at radius 1 is 1.25 bits per heavy atom. The number of carbonyl (C=O) groups is 1. The van der Waals surface area contributed by atoms with Crippen molar-refractivity contribution in [3.63, 3.8) is 0 Å². The van der Waals surface area contributed by atoms with Crippen LogP contribution < -0.4 is 5.32 Å². The highest BCUT2D eigenvalue weighted by Gasteiger charge is 2.35. The van der Waals surface area contributed by atoms with E-state index >= 15 is 0 Å². The predicted molar refractivity (Wildman–Crippen MR) is 85.9 cm³/mol. The average molecular weight is 292 g/mol. The maximum Gasteiger partial charge on any atom is 0.241 e. The Bertz CT molecular complexity index is 424. The van der Waals surface area contributed by atoms with E-state index in [4.69, 9.17) is 0 Å². The molecular formula is C16H24N2OS. The number of benzene rings is 1. The number of carbonyl (C=O) groups excluding carboxylic acids is 1. The Morgan fingerprint density at radius 2 is 2.00 bits per heavy atom. The van der Waals surface area contributed by atoms with Crippen LogP contribution in [0.4, 0.5) is 0 Å². The molecule has 1 saturated heterocycles. The number of thioether (sulfide) groups is 1. The molecule has 0 saturated carbocycles. The molecule has 1 aliphatic heterocycles.